The third-order valence-electron chi connectivity index (χ3n) is 5.24. The van der Waals surface area contributed by atoms with Gasteiger partial charge in [0.25, 0.3) is 15.9 Å². The fourth-order valence-electron chi connectivity index (χ4n) is 3.67. The van der Waals surface area contributed by atoms with Gasteiger partial charge in [-0.3, -0.25) is 4.79 Å². The smallest absolute Gasteiger partial charge is 0.281 e. The summed E-state index contributed by atoms with van der Waals surface area (Å²) in [4.78, 5) is 23.6. The van der Waals surface area contributed by atoms with Crippen LogP contribution in [0.5, 0.6) is 5.75 Å². The van der Waals surface area contributed by atoms with E-state index in [1.54, 1.807) is 43.1 Å². The quantitative estimate of drug-likeness (QED) is 0.377. The van der Waals surface area contributed by atoms with Crippen molar-refractivity contribution in [2.24, 2.45) is 11.8 Å². The summed E-state index contributed by atoms with van der Waals surface area (Å²) in [6.07, 6.45) is 0. The van der Waals surface area contributed by atoms with E-state index in [2.05, 4.69) is 14.7 Å². The molecule has 202 valence electrons. The highest BCUT2D eigenvalue weighted by molar-refractivity contribution is 7.90. The average molecular weight is 533 g/mol. The standard InChI is InChI=1S/C27H33FN4O4S.2H2/c1-17(2)15-32(6)26-23(27(33)31-37(34,35)25-9-7-8-19(5)29-25)10-11-24(30-26)20-12-21(28)14-22(13-20)36-16-18(3)4;;/h7-14,17-18H,15-16H2,1-6H3,(H,31,33);2*1H. The van der Waals surface area contributed by atoms with Crippen molar-refractivity contribution in [2.75, 3.05) is 25.1 Å². The molecule has 2 aromatic heterocycles. The lowest BCUT2D eigenvalue weighted by atomic mass is 10.1. The predicted molar refractivity (Wildman–Crippen MR) is 146 cm³/mol. The molecule has 0 aliphatic rings. The maximum atomic E-state index is 14.4. The number of pyridine rings is 2. The highest BCUT2D eigenvalue weighted by Gasteiger charge is 2.24. The van der Waals surface area contributed by atoms with Gasteiger partial charge in [0.1, 0.15) is 17.4 Å². The van der Waals surface area contributed by atoms with E-state index in [4.69, 9.17) is 4.74 Å². The molecule has 3 rings (SSSR count). The highest BCUT2D eigenvalue weighted by atomic mass is 32.2. The van der Waals surface area contributed by atoms with Crippen molar-refractivity contribution in [3.8, 4) is 17.0 Å². The summed E-state index contributed by atoms with van der Waals surface area (Å²) in [5.74, 6) is -0.171. The molecular weight excluding hydrogens is 495 g/mol. The topological polar surface area (TPSA) is 101 Å². The molecule has 0 radical (unpaired) electrons. The van der Waals surface area contributed by atoms with Crippen molar-refractivity contribution in [3.63, 3.8) is 0 Å². The van der Waals surface area contributed by atoms with E-state index in [1.165, 1.54) is 24.3 Å². The summed E-state index contributed by atoms with van der Waals surface area (Å²) in [6.45, 7) is 10.7. The Bertz CT molecular complexity index is 1390. The zero-order chi connectivity index (χ0) is 27.3. The van der Waals surface area contributed by atoms with Gasteiger partial charge in [0, 0.05) is 33.8 Å². The zero-order valence-electron chi connectivity index (χ0n) is 21.9. The minimum atomic E-state index is -4.21. The Morgan fingerprint density at radius 2 is 1.81 bits per heavy atom. The summed E-state index contributed by atoms with van der Waals surface area (Å²) < 4.78 is 47.8. The number of sulfonamides is 1. The molecule has 0 saturated heterocycles. The fourth-order valence-corrected chi connectivity index (χ4v) is 4.65. The molecule has 3 aromatic rings. The summed E-state index contributed by atoms with van der Waals surface area (Å²) in [6, 6.07) is 11.9. The number of hydrogen-bond donors (Lipinski definition) is 1. The molecule has 0 unspecified atom stereocenters. The van der Waals surface area contributed by atoms with Gasteiger partial charge < -0.3 is 9.64 Å². The van der Waals surface area contributed by atoms with Crippen LogP contribution < -0.4 is 14.4 Å². The lowest BCUT2D eigenvalue weighted by molar-refractivity contribution is 0.0981. The van der Waals surface area contributed by atoms with Gasteiger partial charge in [-0.25, -0.2) is 19.1 Å². The van der Waals surface area contributed by atoms with Gasteiger partial charge in [0.05, 0.1) is 17.9 Å². The Balaban J connectivity index is 0.00000380. The number of halogens is 1. The first-order chi connectivity index (χ1) is 17.4. The summed E-state index contributed by atoms with van der Waals surface area (Å²) in [5, 5.41) is -0.254. The first-order valence-electron chi connectivity index (χ1n) is 12.0. The molecule has 0 atom stereocenters. The molecule has 8 nitrogen and oxygen atoms in total. The normalized spacial score (nSPS) is 11.6. The van der Waals surface area contributed by atoms with Gasteiger partial charge in [-0.1, -0.05) is 33.8 Å². The second-order valence-electron chi connectivity index (χ2n) is 9.77. The molecule has 1 aromatic carbocycles. The molecule has 1 amide bonds. The number of rotatable bonds is 10. The molecule has 1 N–H and O–H groups in total. The Morgan fingerprint density at radius 1 is 1.08 bits per heavy atom. The van der Waals surface area contributed by atoms with Crippen LogP contribution >= 0.6 is 0 Å². The first-order valence-corrected chi connectivity index (χ1v) is 13.5. The number of aromatic nitrogens is 2. The molecule has 0 bridgehead atoms. The number of carbonyl (C=O) groups excluding carboxylic acids is 1. The molecule has 0 fully saturated rings. The largest absolute Gasteiger partial charge is 0.493 e. The van der Waals surface area contributed by atoms with Crippen molar-refractivity contribution in [1.29, 1.82) is 0 Å². The summed E-state index contributed by atoms with van der Waals surface area (Å²) in [7, 11) is -2.44. The van der Waals surface area contributed by atoms with Gasteiger partial charge in [-0.15, -0.1) is 0 Å². The van der Waals surface area contributed by atoms with E-state index in [9.17, 15) is 17.6 Å². The molecule has 0 aliphatic carbocycles. The number of carbonyl (C=O) groups is 1. The number of hydrogen-bond acceptors (Lipinski definition) is 7. The maximum absolute atomic E-state index is 14.4. The lowest BCUT2D eigenvalue weighted by Gasteiger charge is -2.23. The zero-order valence-corrected chi connectivity index (χ0v) is 22.8. The molecular formula is C27H37FN4O4S. The Labute approximate surface area is 220 Å². The van der Waals surface area contributed by atoms with Crippen LogP contribution in [0.2, 0.25) is 0 Å². The Morgan fingerprint density at radius 3 is 2.46 bits per heavy atom. The monoisotopic (exact) mass is 532 g/mol. The third kappa shape index (κ3) is 7.48. The minimum absolute atomic E-state index is 0. The third-order valence-corrected chi connectivity index (χ3v) is 6.47. The fraction of sp³-hybridized carbons (Fsp3) is 0.370. The molecule has 37 heavy (non-hydrogen) atoms. The highest BCUT2D eigenvalue weighted by Crippen LogP contribution is 2.28. The second kappa shape index (κ2) is 11.7. The van der Waals surface area contributed by atoms with Crippen LogP contribution in [-0.4, -0.2) is 44.5 Å². The van der Waals surface area contributed by atoms with Gasteiger partial charge >= 0.3 is 0 Å². The lowest BCUT2D eigenvalue weighted by Crippen LogP contribution is -2.33. The molecule has 0 spiro atoms. The average Bonchev–Trinajstić information content (AvgIpc) is 2.81. The number of nitrogens with one attached hydrogen (secondary N) is 1. The summed E-state index contributed by atoms with van der Waals surface area (Å²) in [5.41, 5.74) is 1.46. The van der Waals surface area contributed by atoms with Crippen molar-refractivity contribution in [3.05, 3.63) is 65.6 Å². The predicted octanol–water partition coefficient (Wildman–Crippen LogP) is 5.33. The van der Waals surface area contributed by atoms with Crippen LogP contribution in [0.1, 0.15) is 46.6 Å². The van der Waals surface area contributed by atoms with Crippen molar-refractivity contribution in [1.82, 2.24) is 14.7 Å². The molecule has 10 heteroatoms. The van der Waals surface area contributed by atoms with E-state index in [0.717, 1.165) is 0 Å². The van der Waals surface area contributed by atoms with Crippen molar-refractivity contribution >= 4 is 21.7 Å². The van der Waals surface area contributed by atoms with Crippen LogP contribution in [0.15, 0.2) is 53.6 Å². The van der Waals surface area contributed by atoms with Crippen LogP contribution in [-0.2, 0) is 10.0 Å². The number of aryl methyl sites for hydroxylation is 1. The van der Waals surface area contributed by atoms with E-state index in [0.29, 0.717) is 35.9 Å². The first kappa shape index (κ1) is 28.0. The van der Waals surface area contributed by atoms with E-state index in [1.807, 2.05) is 27.7 Å². The van der Waals surface area contributed by atoms with Crippen LogP contribution in [0.3, 0.4) is 0 Å². The van der Waals surface area contributed by atoms with Crippen LogP contribution in [0.25, 0.3) is 11.3 Å². The van der Waals surface area contributed by atoms with Gasteiger partial charge in [-0.2, -0.15) is 8.42 Å². The van der Waals surface area contributed by atoms with E-state index in [-0.39, 0.29) is 31.1 Å². The number of ether oxygens (including phenoxy) is 1. The van der Waals surface area contributed by atoms with Crippen LogP contribution in [0.4, 0.5) is 10.2 Å². The number of benzene rings is 1. The van der Waals surface area contributed by atoms with Gasteiger partial charge in [0.2, 0.25) is 0 Å². The van der Waals surface area contributed by atoms with Crippen molar-refractivity contribution in [2.45, 2.75) is 39.6 Å². The molecule has 2 heterocycles. The van der Waals surface area contributed by atoms with E-state index >= 15 is 0 Å². The Hall–Kier alpha value is -3.53. The number of anilines is 1. The number of nitrogens with zero attached hydrogens (tertiary/aromatic N) is 3. The molecule has 0 saturated carbocycles. The summed E-state index contributed by atoms with van der Waals surface area (Å²) >= 11 is 0. The van der Waals surface area contributed by atoms with Crippen LogP contribution in [0, 0.1) is 24.6 Å². The van der Waals surface area contributed by atoms with Gasteiger partial charge in [-0.05, 0) is 55.2 Å². The van der Waals surface area contributed by atoms with E-state index < -0.39 is 21.7 Å². The minimum Gasteiger partial charge on any atom is -0.493 e. The molecule has 0 aliphatic heterocycles. The Kier molecular flexibility index (Phi) is 8.85. The van der Waals surface area contributed by atoms with Gasteiger partial charge in [0.15, 0.2) is 5.03 Å². The van der Waals surface area contributed by atoms with Crippen molar-refractivity contribution < 1.29 is 25.2 Å². The number of amides is 1. The maximum Gasteiger partial charge on any atom is 0.281 e. The second-order valence-corrected chi connectivity index (χ2v) is 11.4. The SMILES string of the molecule is Cc1cccc(S(=O)(=O)NC(=O)c2ccc(-c3cc(F)cc(OCC(C)C)c3)nc2N(C)CC(C)C)n1.[HH].[HH].